The van der Waals surface area contributed by atoms with Crippen LogP contribution in [-0.2, 0) is 13.6 Å². The largest absolute Gasteiger partial charge is 0.332 e. The molecule has 0 unspecified atom stereocenters. The standard InChI is InChI=1S/C8H14BrO3P/c1-3-6-11-13(10,8-5-9)12-7-4-2/h3-4H,1-2,5-8H2. The van der Waals surface area contributed by atoms with E-state index in [9.17, 15) is 4.57 Å². The second kappa shape index (κ2) is 7.51. The maximum absolute atomic E-state index is 11.8. The molecule has 0 fully saturated rings. The normalized spacial score (nSPS) is 11.2. The van der Waals surface area contributed by atoms with Gasteiger partial charge in [0.1, 0.15) is 0 Å². The molecule has 0 saturated carbocycles. The van der Waals surface area contributed by atoms with Gasteiger partial charge in [0, 0.05) is 5.33 Å². The van der Waals surface area contributed by atoms with E-state index in [1.165, 1.54) is 12.2 Å². The van der Waals surface area contributed by atoms with Crippen molar-refractivity contribution in [2.45, 2.75) is 0 Å². The zero-order valence-corrected chi connectivity index (χ0v) is 9.93. The monoisotopic (exact) mass is 268 g/mol. The van der Waals surface area contributed by atoms with Gasteiger partial charge in [-0.3, -0.25) is 4.57 Å². The molecule has 0 aromatic heterocycles. The highest BCUT2D eigenvalue weighted by molar-refractivity contribution is 9.09. The van der Waals surface area contributed by atoms with E-state index in [0.717, 1.165) is 0 Å². The second-order valence-corrected chi connectivity index (χ2v) is 5.17. The summed E-state index contributed by atoms with van der Waals surface area (Å²) < 4.78 is 21.9. The van der Waals surface area contributed by atoms with Crippen molar-refractivity contribution in [1.82, 2.24) is 0 Å². The lowest BCUT2D eigenvalue weighted by Gasteiger charge is -2.15. The van der Waals surface area contributed by atoms with Crippen molar-refractivity contribution >= 4 is 23.5 Å². The van der Waals surface area contributed by atoms with Gasteiger partial charge in [0.15, 0.2) is 0 Å². The molecule has 0 aliphatic carbocycles. The Hall–Kier alpha value is 0.110. The predicted molar refractivity (Wildman–Crippen MR) is 58.6 cm³/mol. The Morgan fingerprint density at radius 3 is 2.00 bits per heavy atom. The van der Waals surface area contributed by atoms with Crippen LogP contribution in [0.5, 0.6) is 0 Å². The average molecular weight is 269 g/mol. The highest BCUT2D eigenvalue weighted by Gasteiger charge is 2.22. The first-order valence-corrected chi connectivity index (χ1v) is 6.69. The molecule has 0 aromatic rings. The SMILES string of the molecule is C=CCOP(=O)(CCBr)OCC=C. The highest BCUT2D eigenvalue weighted by Crippen LogP contribution is 2.47. The van der Waals surface area contributed by atoms with E-state index in [-0.39, 0.29) is 13.2 Å². The zero-order valence-electron chi connectivity index (χ0n) is 7.45. The van der Waals surface area contributed by atoms with E-state index in [4.69, 9.17) is 9.05 Å². The van der Waals surface area contributed by atoms with Crippen molar-refractivity contribution in [3.63, 3.8) is 0 Å². The molecule has 0 rings (SSSR count). The summed E-state index contributed by atoms with van der Waals surface area (Å²) in [6.07, 6.45) is 3.44. The summed E-state index contributed by atoms with van der Waals surface area (Å²) in [5.74, 6) is 0. The van der Waals surface area contributed by atoms with Gasteiger partial charge in [0.2, 0.25) is 0 Å². The minimum atomic E-state index is -2.94. The van der Waals surface area contributed by atoms with Gasteiger partial charge in [-0.25, -0.2) is 0 Å². The van der Waals surface area contributed by atoms with Gasteiger partial charge in [0.25, 0.3) is 0 Å². The summed E-state index contributed by atoms with van der Waals surface area (Å²) in [6, 6.07) is 0. The molecule has 0 aliphatic rings. The van der Waals surface area contributed by atoms with Crippen LogP contribution in [0.4, 0.5) is 0 Å². The van der Waals surface area contributed by atoms with Crippen molar-refractivity contribution in [1.29, 1.82) is 0 Å². The highest BCUT2D eigenvalue weighted by atomic mass is 79.9. The van der Waals surface area contributed by atoms with Gasteiger partial charge in [0.05, 0.1) is 19.4 Å². The Labute approximate surface area is 87.5 Å². The Kier molecular flexibility index (Phi) is 7.57. The fraction of sp³-hybridized carbons (Fsp3) is 0.500. The van der Waals surface area contributed by atoms with E-state index in [1.807, 2.05) is 0 Å². The third-order valence-electron chi connectivity index (χ3n) is 1.14. The molecule has 0 saturated heterocycles. The van der Waals surface area contributed by atoms with Crippen LogP contribution in [-0.4, -0.2) is 24.7 Å². The Balaban J connectivity index is 4.06. The molecule has 0 N–H and O–H groups in total. The molecule has 0 atom stereocenters. The number of rotatable bonds is 8. The van der Waals surface area contributed by atoms with Crippen molar-refractivity contribution in [2.24, 2.45) is 0 Å². The minimum absolute atomic E-state index is 0.238. The summed E-state index contributed by atoms with van der Waals surface area (Å²) in [6.45, 7) is 7.42. The van der Waals surface area contributed by atoms with Gasteiger partial charge < -0.3 is 9.05 Å². The molecular weight excluding hydrogens is 255 g/mol. The first-order chi connectivity index (χ1) is 6.18. The first-order valence-electron chi connectivity index (χ1n) is 3.84. The van der Waals surface area contributed by atoms with Crippen LogP contribution in [0.15, 0.2) is 25.3 Å². The Bertz CT molecular complexity index is 190. The fourth-order valence-corrected chi connectivity index (χ4v) is 3.11. The molecule has 0 heterocycles. The third kappa shape index (κ3) is 6.22. The van der Waals surface area contributed by atoms with Gasteiger partial charge in [-0.2, -0.15) is 0 Å². The summed E-state index contributed by atoms with van der Waals surface area (Å²) in [5.41, 5.74) is 0. The van der Waals surface area contributed by atoms with E-state index in [2.05, 4.69) is 29.1 Å². The molecule has 13 heavy (non-hydrogen) atoms. The zero-order chi connectivity index (χ0) is 10.2. The van der Waals surface area contributed by atoms with Crippen LogP contribution >= 0.6 is 23.5 Å². The van der Waals surface area contributed by atoms with Crippen LogP contribution in [0.1, 0.15) is 0 Å². The van der Waals surface area contributed by atoms with Gasteiger partial charge in [-0.15, -0.1) is 13.2 Å². The Morgan fingerprint density at radius 2 is 1.69 bits per heavy atom. The summed E-state index contributed by atoms with van der Waals surface area (Å²) in [5, 5.41) is 0.582. The van der Waals surface area contributed by atoms with Crippen molar-refractivity contribution in [3.8, 4) is 0 Å². The minimum Gasteiger partial charge on any atom is -0.304 e. The predicted octanol–water partition coefficient (Wildman–Crippen LogP) is 2.98. The van der Waals surface area contributed by atoms with Crippen molar-refractivity contribution in [3.05, 3.63) is 25.3 Å². The number of hydrogen-bond acceptors (Lipinski definition) is 3. The van der Waals surface area contributed by atoms with E-state index in [0.29, 0.717) is 11.5 Å². The fourth-order valence-electron chi connectivity index (χ4n) is 0.602. The van der Waals surface area contributed by atoms with Crippen LogP contribution in [0.3, 0.4) is 0 Å². The summed E-state index contributed by atoms with van der Waals surface area (Å²) in [7, 11) is -2.94. The third-order valence-corrected chi connectivity index (χ3v) is 4.00. The summed E-state index contributed by atoms with van der Waals surface area (Å²) in [4.78, 5) is 0. The van der Waals surface area contributed by atoms with Crippen LogP contribution in [0.2, 0.25) is 0 Å². The molecule has 5 heteroatoms. The molecule has 0 radical (unpaired) electrons. The number of alkyl halides is 1. The van der Waals surface area contributed by atoms with Gasteiger partial charge >= 0.3 is 7.60 Å². The van der Waals surface area contributed by atoms with Crippen molar-refractivity contribution in [2.75, 3.05) is 24.7 Å². The molecular formula is C8H14BrO3P. The molecule has 3 nitrogen and oxygen atoms in total. The molecule has 0 aliphatic heterocycles. The molecule has 76 valence electrons. The van der Waals surface area contributed by atoms with Gasteiger partial charge in [-0.05, 0) is 0 Å². The van der Waals surface area contributed by atoms with Crippen LogP contribution in [0.25, 0.3) is 0 Å². The number of hydrogen-bond donors (Lipinski definition) is 0. The maximum atomic E-state index is 11.8. The molecule has 0 bridgehead atoms. The second-order valence-electron chi connectivity index (χ2n) is 2.19. The lowest BCUT2D eigenvalue weighted by molar-refractivity contribution is 0.238. The smallest absolute Gasteiger partial charge is 0.304 e. The maximum Gasteiger partial charge on any atom is 0.332 e. The molecule has 0 spiro atoms. The first kappa shape index (κ1) is 13.1. The van der Waals surface area contributed by atoms with Gasteiger partial charge in [-0.1, -0.05) is 28.1 Å². The topological polar surface area (TPSA) is 35.5 Å². The van der Waals surface area contributed by atoms with Crippen LogP contribution < -0.4 is 0 Å². The Morgan fingerprint density at radius 1 is 1.23 bits per heavy atom. The molecule has 0 aromatic carbocycles. The van der Waals surface area contributed by atoms with E-state index < -0.39 is 7.60 Å². The van der Waals surface area contributed by atoms with Crippen molar-refractivity contribution < 1.29 is 13.6 Å². The average Bonchev–Trinajstić information content (AvgIpc) is 2.12. The molecule has 0 amide bonds. The van der Waals surface area contributed by atoms with E-state index >= 15 is 0 Å². The quantitative estimate of drug-likeness (QED) is 0.386. The number of halogens is 1. The van der Waals surface area contributed by atoms with Crippen LogP contribution in [0, 0.1) is 0 Å². The lowest BCUT2D eigenvalue weighted by atomic mass is 10.7. The van der Waals surface area contributed by atoms with E-state index in [1.54, 1.807) is 0 Å². The lowest BCUT2D eigenvalue weighted by Crippen LogP contribution is -2.01. The summed E-state index contributed by atoms with van der Waals surface area (Å²) >= 11 is 3.19.